The summed E-state index contributed by atoms with van der Waals surface area (Å²) in [4.78, 5) is 6.29. The highest BCUT2D eigenvalue weighted by Crippen LogP contribution is 2.36. The summed E-state index contributed by atoms with van der Waals surface area (Å²) in [5.41, 5.74) is 1.49. The van der Waals surface area contributed by atoms with Crippen molar-refractivity contribution in [3.05, 3.63) is 15.6 Å². The Balaban J connectivity index is 3.21. The fourth-order valence-corrected chi connectivity index (χ4v) is 2.77. The third kappa shape index (κ3) is 2.81. The van der Waals surface area contributed by atoms with Crippen molar-refractivity contribution in [2.75, 3.05) is 0 Å². The number of rotatable bonds is 2. The van der Waals surface area contributed by atoms with Gasteiger partial charge < -0.3 is 0 Å². The van der Waals surface area contributed by atoms with Crippen LogP contribution in [0.15, 0.2) is 0 Å². The molecule has 0 aliphatic heterocycles. The minimum absolute atomic E-state index is 0.182. The van der Waals surface area contributed by atoms with Gasteiger partial charge in [0.25, 0.3) is 0 Å². The van der Waals surface area contributed by atoms with Crippen molar-refractivity contribution in [2.45, 2.75) is 65.7 Å². The summed E-state index contributed by atoms with van der Waals surface area (Å²) >= 11 is 1.89. The Morgan fingerprint density at radius 3 is 1.80 bits per heavy atom. The predicted molar refractivity (Wildman–Crippen MR) is 69.0 cm³/mol. The maximum atomic E-state index is 4.82. The Morgan fingerprint density at radius 1 is 1.00 bits per heavy atom. The molecule has 86 valence electrons. The first kappa shape index (κ1) is 12.7. The van der Waals surface area contributed by atoms with Crippen molar-refractivity contribution in [3.8, 4) is 0 Å². The average molecular weight is 225 g/mol. The number of nitrogens with zero attached hydrogens (tertiary/aromatic N) is 1. The van der Waals surface area contributed by atoms with Crippen LogP contribution in [-0.2, 0) is 5.41 Å². The SMILES string of the molecule is CC(C)c1nc(C(C)(C)C)sc1C(C)C. The van der Waals surface area contributed by atoms with E-state index in [-0.39, 0.29) is 5.41 Å². The van der Waals surface area contributed by atoms with Crippen molar-refractivity contribution in [1.82, 2.24) is 4.98 Å². The van der Waals surface area contributed by atoms with Crippen LogP contribution in [0.25, 0.3) is 0 Å². The second-order valence-electron chi connectivity index (χ2n) is 5.83. The minimum atomic E-state index is 0.182. The van der Waals surface area contributed by atoms with Gasteiger partial charge in [-0.25, -0.2) is 4.98 Å². The molecular weight excluding hydrogens is 202 g/mol. The first-order valence-corrected chi connectivity index (χ1v) is 6.56. The fourth-order valence-electron chi connectivity index (χ4n) is 1.49. The van der Waals surface area contributed by atoms with E-state index in [1.54, 1.807) is 0 Å². The van der Waals surface area contributed by atoms with Crippen LogP contribution >= 0.6 is 11.3 Å². The van der Waals surface area contributed by atoms with Gasteiger partial charge in [0.15, 0.2) is 0 Å². The maximum absolute atomic E-state index is 4.82. The molecular formula is C13H23NS. The van der Waals surface area contributed by atoms with Crippen LogP contribution in [0.5, 0.6) is 0 Å². The molecule has 1 aromatic rings. The molecule has 1 rings (SSSR count). The molecule has 1 heterocycles. The highest BCUT2D eigenvalue weighted by atomic mass is 32.1. The summed E-state index contributed by atoms with van der Waals surface area (Å²) < 4.78 is 0. The van der Waals surface area contributed by atoms with Gasteiger partial charge in [-0.1, -0.05) is 48.5 Å². The van der Waals surface area contributed by atoms with Gasteiger partial charge in [-0.15, -0.1) is 11.3 Å². The maximum Gasteiger partial charge on any atom is 0.0984 e. The van der Waals surface area contributed by atoms with Crippen LogP contribution in [-0.4, -0.2) is 4.98 Å². The molecule has 0 radical (unpaired) electrons. The molecule has 2 heteroatoms. The quantitative estimate of drug-likeness (QED) is 0.711. The largest absolute Gasteiger partial charge is 0.245 e. The topological polar surface area (TPSA) is 12.9 Å². The Labute approximate surface area is 97.9 Å². The second-order valence-corrected chi connectivity index (χ2v) is 6.86. The molecule has 0 saturated carbocycles. The molecule has 0 spiro atoms. The lowest BCUT2D eigenvalue weighted by molar-refractivity contribution is 0.580. The highest BCUT2D eigenvalue weighted by molar-refractivity contribution is 7.12. The van der Waals surface area contributed by atoms with E-state index in [1.165, 1.54) is 15.6 Å². The van der Waals surface area contributed by atoms with Crippen molar-refractivity contribution in [3.63, 3.8) is 0 Å². The van der Waals surface area contributed by atoms with Crippen LogP contribution in [0.3, 0.4) is 0 Å². The van der Waals surface area contributed by atoms with E-state index in [4.69, 9.17) is 4.98 Å². The third-order valence-corrected chi connectivity index (χ3v) is 4.19. The lowest BCUT2D eigenvalue weighted by atomic mass is 9.98. The third-order valence-electron chi connectivity index (χ3n) is 2.39. The lowest BCUT2D eigenvalue weighted by Crippen LogP contribution is -2.10. The minimum Gasteiger partial charge on any atom is -0.245 e. The van der Waals surface area contributed by atoms with Crippen molar-refractivity contribution in [1.29, 1.82) is 0 Å². The predicted octanol–water partition coefficient (Wildman–Crippen LogP) is 4.69. The second kappa shape index (κ2) is 4.25. The van der Waals surface area contributed by atoms with Gasteiger partial charge in [0.1, 0.15) is 0 Å². The van der Waals surface area contributed by atoms with E-state index in [0.29, 0.717) is 11.8 Å². The average Bonchev–Trinajstić information content (AvgIpc) is 2.45. The first-order valence-electron chi connectivity index (χ1n) is 5.74. The standard InChI is InChI=1S/C13H23NS/c1-8(2)10-11(9(3)4)15-12(14-10)13(5,6)7/h8-9H,1-7H3. The molecule has 0 aromatic carbocycles. The molecule has 0 fully saturated rings. The molecule has 0 unspecified atom stereocenters. The van der Waals surface area contributed by atoms with E-state index in [9.17, 15) is 0 Å². The molecule has 1 aromatic heterocycles. The summed E-state index contributed by atoms with van der Waals surface area (Å²) in [6.45, 7) is 15.7. The fraction of sp³-hybridized carbons (Fsp3) is 0.769. The Kier molecular flexibility index (Phi) is 3.59. The zero-order valence-corrected chi connectivity index (χ0v) is 11.8. The number of aromatic nitrogens is 1. The Hall–Kier alpha value is -0.370. The normalized spacial score (nSPS) is 12.9. The van der Waals surface area contributed by atoms with Crippen molar-refractivity contribution in [2.24, 2.45) is 0 Å². The zero-order valence-electron chi connectivity index (χ0n) is 11.0. The van der Waals surface area contributed by atoms with Crippen LogP contribution in [0, 0.1) is 0 Å². The van der Waals surface area contributed by atoms with Gasteiger partial charge in [-0.2, -0.15) is 0 Å². The molecule has 15 heavy (non-hydrogen) atoms. The van der Waals surface area contributed by atoms with Crippen LogP contribution in [0.1, 0.15) is 75.9 Å². The summed E-state index contributed by atoms with van der Waals surface area (Å²) in [5, 5.41) is 1.27. The van der Waals surface area contributed by atoms with Crippen LogP contribution < -0.4 is 0 Å². The van der Waals surface area contributed by atoms with E-state index < -0.39 is 0 Å². The van der Waals surface area contributed by atoms with Gasteiger partial charge in [-0.05, 0) is 11.8 Å². The molecule has 0 saturated heterocycles. The van der Waals surface area contributed by atoms with Crippen LogP contribution in [0.4, 0.5) is 0 Å². The summed E-state index contributed by atoms with van der Waals surface area (Å²) in [5.74, 6) is 1.13. The van der Waals surface area contributed by atoms with Crippen molar-refractivity contribution >= 4 is 11.3 Å². The van der Waals surface area contributed by atoms with E-state index in [1.807, 2.05) is 11.3 Å². The highest BCUT2D eigenvalue weighted by Gasteiger charge is 2.23. The molecule has 0 N–H and O–H groups in total. The van der Waals surface area contributed by atoms with E-state index >= 15 is 0 Å². The van der Waals surface area contributed by atoms with E-state index in [0.717, 1.165) is 0 Å². The Bertz CT molecular complexity index is 303. The summed E-state index contributed by atoms with van der Waals surface area (Å²) in [6, 6.07) is 0. The molecule has 0 amide bonds. The number of hydrogen-bond acceptors (Lipinski definition) is 2. The van der Waals surface area contributed by atoms with Gasteiger partial charge in [-0.3, -0.25) is 0 Å². The number of thiazole rings is 1. The molecule has 1 nitrogen and oxygen atoms in total. The van der Waals surface area contributed by atoms with Gasteiger partial charge in [0.05, 0.1) is 10.7 Å². The lowest BCUT2D eigenvalue weighted by Gasteiger charge is -2.13. The van der Waals surface area contributed by atoms with Gasteiger partial charge in [0, 0.05) is 10.3 Å². The van der Waals surface area contributed by atoms with Gasteiger partial charge in [0.2, 0.25) is 0 Å². The monoisotopic (exact) mass is 225 g/mol. The van der Waals surface area contributed by atoms with Crippen molar-refractivity contribution < 1.29 is 0 Å². The van der Waals surface area contributed by atoms with Crippen LogP contribution in [0.2, 0.25) is 0 Å². The van der Waals surface area contributed by atoms with Gasteiger partial charge >= 0.3 is 0 Å². The summed E-state index contributed by atoms with van der Waals surface area (Å²) in [6.07, 6.45) is 0. The first-order chi connectivity index (χ1) is 6.73. The Morgan fingerprint density at radius 2 is 1.53 bits per heavy atom. The summed E-state index contributed by atoms with van der Waals surface area (Å²) in [7, 11) is 0. The molecule has 0 aliphatic rings. The number of hydrogen-bond donors (Lipinski definition) is 0. The van der Waals surface area contributed by atoms with E-state index in [2.05, 4.69) is 48.5 Å². The zero-order chi connectivity index (χ0) is 11.8. The smallest absolute Gasteiger partial charge is 0.0984 e. The molecule has 0 atom stereocenters. The molecule has 0 aliphatic carbocycles. The molecule has 0 bridgehead atoms.